The molecule has 0 saturated carbocycles. The number of hydrogen-bond acceptors (Lipinski definition) is 2. The average Bonchev–Trinajstić information content (AvgIpc) is 2.01. The molecule has 0 aromatic rings. The first-order chi connectivity index (χ1) is 5.66. The molecule has 12 heavy (non-hydrogen) atoms. The van der Waals surface area contributed by atoms with Crippen LogP contribution in [-0.2, 0) is 15.5 Å². The minimum absolute atomic E-state index is 0.00831. The number of rotatable bonds is 6. The van der Waals surface area contributed by atoms with E-state index in [2.05, 4.69) is 11.1 Å². The van der Waals surface area contributed by atoms with Gasteiger partial charge in [-0.25, -0.2) is 0 Å². The van der Waals surface area contributed by atoms with Gasteiger partial charge in [-0.2, -0.15) is 4.21 Å². The quantitative estimate of drug-likeness (QED) is 0.544. The number of halogens is 1. The van der Waals surface area contributed by atoms with E-state index in [0.717, 1.165) is 19.3 Å². The molecule has 0 saturated heterocycles. The lowest BCUT2D eigenvalue weighted by molar-refractivity contribution is 0.339. The molecule has 0 radical (unpaired) electrons. The highest BCUT2D eigenvalue weighted by atomic mass is 35.5. The van der Waals surface area contributed by atoms with Crippen molar-refractivity contribution in [3.63, 3.8) is 0 Å². The van der Waals surface area contributed by atoms with E-state index in [0.29, 0.717) is 5.03 Å². The first-order valence-corrected chi connectivity index (χ1v) is 5.16. The Morgan fingerprint density at radius 1 is 1.75 bits per heavy atom. The fourth-order valence-corrected chi connectivity index (χ4v) is 1.08. The van der Waals surface area contributed by atoms with Crippen LogP contribution in [0.2, 0.25) is 0 Å². The van der Waals surface area contributed by atoms with Crippen LogP contribution < -0.4 is 0 Å². The molecule has 0 aromatic carbocycles. The fourth-order valence-electron chi connectivity index (χ4n) is 0.628. The van der Waals surface area contributed by atoms with Crippen molar-refractivity contribution in [1.29, 1.82) is 0 Å². The molecule has 0 fully saturated rings. The summed E-state index contributed by atoms with van der Waals surface area (Å²) in [6.45, 7) is 2.09. The second-order valence-corrected chi connectivity index (χ2v) is 3.43. The third-order valence-electron chi connectivity index (χ3n) is 1.22. The Balaban J connectivity index is 3.48. The standard InChI is InChI=1S/C7H13ClO3S/c1-2-3-4-5-7(8)6-11-12(9)10/h5H,2-4,6H2,1H3,(H,9,10). The van der Waals surface area contributed by atoms with Crippen LogP contribution in [0, 0.1) is 0 Å². The van der Waals surface area contributed by atoms with Gasteiger partial charge in [0, 0.05) is 5.03 Å². The maximum absolute atomic E-state index is 10.0. The molecule has 1 unspecified atom stereocenters. The molecule has 1 atom stereocenters. The third kappa shape index (κ3) is 8.20. The maximum Gasteiger partial charge on any atom is 0.302 e. The van der Waals surface area contributed by atoms with Gasteiger partial charge in [-0.15, -0.1) is 0 Å². The molecule has 1 N–H and O–H groups in total. The minimum atomic E-state index is -2.22. The van der Waals surface area contributed by atoms with Gasteiger partial charge in [0.2, 0.25) is 0 Å². The Morgan fingerprint density at radius 3 is 2.92 bits per heavy atom. The zero-order valence-corrected chi connectivity index (χ0v) is 8.53. The van der Waals surface area contributed by atoms with Gasteiger partial charge in [-0.05, 0) is 6.42 Å². The summed E-state index contributed by atoms with van der Waals surface area (Å²) in [5, 5.41) is 0.478. The van der Waals surface area contributed by atoms with Crippen LogP contribution in [0.15, 0.2) is 11.1 Å². The highest BCUT2D eigenvalue weighted by Gasteiger charge is 1.96. The molecule has 0 aliphatic carbocycles. The zero-order chi connectivity index (χ0) is 9.40. The van der Waals surface area contributed by atoms with Crippen molar-refractivity contribution >= 4 is 23.0 Å². The third-order valence-corrected chi connectivity index (χ3v) is 1.80. The lowest BCUT2D eigenvalue weighted by atomic mass is 10.2. The van der Waals surface area contributed by atoms with Crippen LogP contribution >= 0.6 is 11.6 Å². The van der Waals surface area contributed by atoms with Gasteiger partial charge in [0.1, 0.15) is 6.61 Å². The SMILES string of the molecule is CCCCC=C(Cl)COS(=O)O. The topological polar surface area (TPSA) is 46.5 Å². The molecule has 0 bridgehead atoms. The van der Waals surface area contributed by atoms with E-state index in [1.54, 1.807) is 6.08 Å². The first-order valence-electron chi connectivity index (χ1n) is 3.75. The molecule has 0 spiro atoms. The molecule has 0 amide bonds. The summed E-state index contributed by atoms with van der Waals surface area (Å²) in [4.78, 5) is 0. The van der Waals surface area contributed by atoms with Gasteiger partial charge in [0.05, 0.1) is 0 Å². The molecule has 72 valence electrons. The fraction of sp³-hybridized carbons (Fsp3) is 0.714. The Morgan fingerprint density at radius 2 is 2.42 bits per heavy atom. The van der Waals surface area contributed by atoms with E-state index in [1.807, 2.05) is 0 Å². The molecule has 0 aromatic heterocycles. The monoisotopic (exact) mass is 212 g/mol. The second kappa shape index (κ2) is 7.73. The van der Waals surface area contributed by atoms with Crippen LogP contribution in [0.3, 0.4) is 0 Å². The summed E-state index contributed by atoms with van der Waals surface area (Å²) >= 11 is 3.43. The highest BCUT2D eigenvalue weighted by Crippen LogP contribution is 2.06. The van der Waals surface area contributed by atoms with Crippen molar-refractivity contribution in [3.8, 4) is 0 Å². The number of unbranched alkanes of at least 4 members (excludes halogenated alkanes) is 2. The minimum Gasteiger partial charge on any atom is -0.284 e. The molecule has 3 nitrogen and oxygen atoms in total. The molecular weight excluding hydrogens is 200 g/mol. The summed E-state index contributed by atoms with van der Waals surface area (Å²) in [5.74, 6) is 0. The Bertz CT molecular complexity index is 170. The Labute approximate surface area is 80.2 Å². The van der Waals surface area contributed by atoms with E-state index >= 15 is 0 Å². The average molecular weight is 213 g/mol. The summed E-state index contributed by atoms with van der Waals surface area (Å²) in [6, 6.07) is 0. The summed E-state index contributed by atoms with van der Waals surface area (Å²) in [7, 11) is 0. The lowest BCUT2D eigenvalue weighted by Gasteiger charge is -1.96. The smallest absolute Gasteiger partial charge is 0.284 e. The Kier molecular flexibility index (Phi) is 7.80. The van der Waals surface area contributed by atoms with E-state index in [9.17, 15) is 4.21 Å². The van der Waals surface area contributed by atoms with Crippen molar-refractivity contribution in [1.82, 2.24) is 0 Å². The summed E-state index contributed by atoms with van der Waals surface area (Å²) < 4.78 is 22.6. The van der Waals surface area contributed by atoms with Crippen LogP contribution in [0.4, 0.5) is 0 Å². The van der Waals surface area contributed by atoms with E-state index in [1.165, 1.54) is 0 Å². The Hall–Kier alpha value is 0.1000. The summed E-state index contributed by atoms with van der Waals surface area (Å²) in [6.07, 6.45) is 4.86. The predicted octanol–water partition coefficient (Wildman–Crippen LogP) is 2.45. The molecule has 0 aliphatic heterocycles. The molecular formula is C7H13ClO3S. The lowest BCUT2D eigenvalue weighted by Crippen LogP contribution is -1.97. The molecule has 0 heterocycles. The highest BCUT2D eigenvalue weighted by molar-refractivity contribution is 7.74. The van der Waals surface area contributed by atoms with Crippen molar-refractivity contribution in [2.45, 2.75) is 26.2 Å². The predicted molar refractivity (Wildman–Crippen MR) is 50.2 cm³/mol. The largest absolute Gasteiger partial charge is 0.302 e. The van der Waals surface area contributed by atoms with Crippen LogP contribution in [0.1, 0.15) is 26.2 Å². The number of allylic oxidation sites excluding steroid dienone is 1. The van der Waals surface area contributed by atoms with Gasteiger partial charge < -0.3 is 0 Å². The normalized spacial score (nSPS) is 14.8. The van der Waals surface area contributed by atoms with Crippen molar-refractivity contribution < 1.29 is 12.9 Å². The maximum atomic E-state index is 10.0. The van der Waals surface area contributed by atoms with E-state index in [-0.39, 0.29) is 6.61 Å². The first kappa shape index (κ1) is 12.1. The van der Waals surface area contributed by atoms with Gasteiger partial charge >= 0.3 is 11.4 Å². The van der Waals surface area contributed by atoms with Gasteiger partial charge in [-0.1, -0.05) is 37.4 Å². The van der Waals surface area contributed by atoms with Crippen molar-refractivity contribution in [2.75, 3.05) is 6.61 Å². The molecule has 0 aliphatic rings. The van der Waals surface area contributed by atoms with Crippen LogP contribution in [0.5, 0.6) is 0 Å². The zero-order valence-electron chi connectivity index (χ0n) is 6.96. The van der Waals surface area contributed by atoms with E-state index < -0.39 is 11.4 Å². The van der Waals surface area contributed by atoms with Crippen LogP contribution in [-0.4, -0.2) is 15.4 Å². The molecule has 5 heteroatoms. The second-order valence-electron chi connectivity index (χ2n) is 2.27. The summed E-state index contributed by atoms with van der Waals surface area (Å²) in [5.41, 5.74) is 0. The van der Waals surface area contributed by atoms with E-state index in [4.69, 9.17) is 16.2 Å². The van der Waals surface area contributed by atoms with Gasteiger partial charge in [0.25, 0.3) is 0 Å². The number of hydrogen-bond donors (Lipinski definition) is 1. The molecule has 0 rings (SSSR count). The van der Waals surface area contributed by atoms with Crippen LogP contribution in [0.25, 0.3) is 0 Å². The van der Waals surface area contributed by atoms with Gasteiger partial charge in [0.15, 0.2) is 0 Å². The van der Waals surface area contributed by atoms with Crippen molar-refractivity contribution in [3.05, 3.63) is 11.1 Å². The van der Waals surface area contributed by atoms with Crippen molar-refractivity contribution in [2.24, 2.45) is 0 Å². The van der Waals surface area contributed by atoms with Gasteiger partial charge in [-0.3, -0.25) is 8.74 Å².